The Hall–Kier alpha value is -2.80. The molecule has 2 N–H and O–H groups in total. The summed E-state index contributed by atoms with van der Waals surface area (Å²) in [5.41, 5.74) is 2.64. The number of ether oxygens (including phenoxy) is 2. The predicted octanol–water partition coefficient (Wildman–Crippen LogP) is 2.92. The lowest BCUT2D eigenvalue weighted by atomic mass is 10.1. The molecule has 2 aromatic rings. The van der Waals surface area contributed by atoms with Crippen molar-refractivity contribution in [2.75, 3.05) is 39.3 Å². The van der Waals surface area contributed by atoms with Gasteiger partial charge in [0.15, 0.2) is 5.96 Å². The minimum atomic E-state index is -0.250. The molecule has 1 atom stereocenters. The third kappa shape index (κ3) is 5.38. The second kappa shape index (κ2) is 10.1. The number of benzene rings is 2. The van der Waals surface area contributed by atoms with E-state index in [4.69, 9.17) is 9.47 Å². The number of hydrogen-bond donors (Lipinski definition) is 2. The molecule has 1 heterocycles. The molecule has 0 aliphatic carbocycles. The lowest BCUT2D eigenvalue weighted by Crippen LogP contribution is -2.44. The first-order chi connectivity index (χ1) is 14.1. The zero-order valence-electron chi connectivity index (χ0n) is 17.2. The highest BCUT2D eigenvalue weighted by atomic mass is 19.1. The number of anilines is 1. The van der Waals surface area contributed by atoms with Crippen LogP contribution in [0.1, 0.15) is 17.5 Å². The van der Waals surface area contributed by atoms with Crippen LogP contribution in [0.15, 0.2) is 47.5 Å². The molecule has 3 rings (SSSR count). The first-order valence-corrected chi connectivity index (χ1v) is 9.76. The summed E-state index contributed by atoms with van der Waals surface area (Å²) in [7, 11) is 5.01. The van der Waals surface area contributed by atoms with Gasteiger partial charge < -0.3 is 25.0 Å². The van der Waals surface area contributed by atoms with Gasteiger partial charge in [0.1, 0.15) is 11.6 Å². The summed E-state index contributed by atoms with van der Waals surface area (Å²) in [6.07, 6.45) is 1.01. The van der Waals surface area contributed by atoms with Gasteiger partial charge in [0.05, 0.1) is 19.4 Å². The number of halogens is 1. The smallest absolute Gasteiger partial charge is 0.191 e. The molecule has 156 valence electrons. The molecule has 0 aromatic heterocycles. The summed E-state index contributed by atoms with van der Waals surface area (Å²) in [4.78, 5) is 6.65. The molecule has 1 unspecified atom stereocenters. The molecule has 1 saturated heterocycles. The molecule has 0 radical (unpaired) electrons. The van der Waals surface area contributed by atoms with Crippen molar-refractivity contribution < 1.29 is 13.9 Å². The largest absolute Gasteiger partial charge is 0.495 e. The second-order valence-electron chi connectivity index (χ2n) is 7.03. The number of rotatable bonds is 7. The van der Waals surface area contributed by atoms with Crippen LogP contribution in [0.3, 0.4) is 0 Å². The molecule has 0 amide bonds. The van der Waals surface area contributed by atoms with Gasteiger partial charge >= 0.3 is 0 Å². The van der Waals surface area contributed by atoms with Crippen LogP contribution in [0.5, 0.6) is 5.75 Å². The summed E-state index contributed by atoms with van der Waals surface area (Å²) in [5.74, 6) is 1.37. The van der Waals surface area contributed by atoms with Crippen LogP contribution in [0.4, 0.5) is 10.1 Å². The Labute approximate surface area is 171 Å². The fraction of sp³-hybridized carbons (Fsp3) is 0.409. The van der Waals surface area contributed by atoms with Crippen LogP contribution in [-0.4, -0.2) is 46.4 Å². The highest BCUT2D eigenvalue weighted by Gasteiger charge is 2.25. The van der Waals surface area contributed by atoms with E-state index in [1.54, 1.807) is 27.3 Å². The van der Waals surface area contributed by atoms with Crippen LogP contribution < -0.4 is 20.3 Å². The van der Waals surface area contributed by atoms with Gasteiger partial charge in [0.2, 0.25) is 0 Å². The minimum absolute atomic E-state index is 0.250. The monoisotopic (exact) mass is 400 g/mol. The van der Waals surface area contributed by atoms with Crippen molar-refractivity contribution in [2.45, 2.75) is 25.6 Å². The van der Waals surface area contributed by atoms with E-state index < -0.39 is 0 Å². The standard InChI is InChI=1S/C22H29FN4O2/c1-24-22(25-13-16-8-9-19(23)17(12-16)15-28-2)26-18-10-11-27(14-18)20-6-4-5-7-21(20)29-3/h4-9,12,18H,10-11,13-15H2,1-3H3,(H2,24,25,26). The van der Waals surface area contributed by atoms with E-state index in [-0.39, 0.29) is 18.5 Å². The van der Waals surface area contributed by atoms with Crippen LogP contribution in [0.2, 0.25) is 0 Å². The normalized spacial score (nSPS) is 16.8. The highest BCUT2D eigenvalue weighted by Crippen LogP contribution is 2.30. The second-order valence-corrected chi connectivity index (χ2v) is 7.03. The SMILES string of the molecule is CN=C(NCc1ccc(F)c(COC)c1)NC1CCN(c2ccccc2OC)C1. The average Bonchev–Trinajstić information content (AvgIpc) is 3.21. The summed E-state index contributed by atoms with van der Waals surface area (Å²) in [6, 6.07) is 13.4. The summed E-state index contributed by atoms with van der Waals surface area (Å²) in [6.45, 7) is 2.64. The third-order valence-electron chi connectivity index (χ3n) is 5.05. The number of guanidine groups is 1. The van der Waals surface area contributed by atoms with E-state index in [1.165, 1.54) is 6.07 Å². The first-order valence-electron chi connectivity index (χ1n) is 9.76. The molecule has 1 aliphatic rings. The molecule has 1 aliphatic heterocycles. The third-order valence-corrected chi connectivity index (χ3v) is 5.05. The maximum Gasteiger partial charge on any atom is 0.191 e. The van der Waals surface area contributed by atoms with E-state index in [1.807, 2.05) is 24.3 Å². The average molecular weight is 400 g/mol. The van der Waals surface area contributed by atoms with Gasteiger partial charge in [-0.1, -0.05) is 18.2 Å². The van der Waals surface area contributed by atoms with Gasteiger partial charge in [-0.05, 0) is 36.2 Å². The van der Waals surface area contributed by atoms with Gasteiger partial charge in [-0.25, -0.2) is 4.39 Å². The molecule has 29 heavy (non-hydrogen) atoms. The molecule has 0 spiro atoms. The van der Waals surface area contributed by atoms with Gasteiger partial charge in [-0.2, -0.15) is 0 Å². The molecule has 0 saturated carbocycles. The Kier molecular flexibility index (Phi) is 7.30. The number of hydrogen-bond acceptors (Lipinski definition) is 4. The summed E-state index contributed by atoms with van der Waals surface area (Å²) >= 11 is 0. The topological polar surface area (TPSA) is 58.1 Å². The zero-order chi connectivity index (χ0) is 20.6. The molecule has 6 nitrogen and oxygen atoms in total. The number of para-hydroxylation sites is 2. The Morgan fingerprint density at radius 1 is 1.24 bits per heavy atom. The lowest BCUT2D eigenvalue weighted by Gasteiger charge is -2.22. The fourth-order valence-corrected chi connectivity index (χ4v) is 3.57. The molecule has 1 fully saturated rings. The number of methoxy groups -OCH3 is 2. The lowest BCUT2D eigenvalue weighted by molar-refractivity contribution is 0.181. The zero-order valence-corrected chi connectivity index (χ0v) is 17.2. The van der Waals surface area contributed by atoms with Crippen molar-refractivity contribution in [3.63, 3.8) is 0 Å². The maximum atomic E-state index is 13.8. The Bertz CT molecular complexity index is 843. The van der Waals surface area contributed by atoms with E-state index >= 15 is 0 Å². The van der Waals surface area contributed by atoms with Crippen LogP contribution in [0, 0.1) is 5.82 Å². The van der Waals surface area contributed by atoms with Crippen molar-refractivity contribution >= 4 is 11.6 Å². The van der Waals surface area contributed by atoms with Crippen LogP contribution in [0.25, 0.3) is 0 Å². The van der Waals surface area contributed by atoms with Gasteiger partial charge in [0, 0.05) is 45.4 Å². The first kappa shape index (κ1) is 20.9. The van der Waals surface area contributed by atoms with E-state index in [2.05, 4.69) is 26.6 Å². The molecular formula is C22H29FN4O2. The van der Waals surface area contributed by atoms with Gasteiger partial charge in [0.25, 0.3) is 0 Å². The summed E-state index contributed by atoms with van der Waals surface area (Å²) in [5, 5.41) is 6.79. The number of nitrogens with one attached hydrogen (secondary N) is 2. The van der Waals surface area contributed by atoms with Crippen molar-refractivity contribution in [2.24, 2.45) is 4.99 Å². The highest BCUT2D eigenvalue weighted by molar-refractivity contribution is 5.80. The van der Waals surface area contributed by atoms with Crippen molar-refractivity contribution in [3.8, 4) is 5.75 Å². The van der Waals surface area contributed by atoms with E-state index in [0.717, 1.165) is 42.5 Å². The number of nitrogens with zero attached hydrogens (tertiary/aromatic N) is 2. The minimum Gasteiger partial charge on any atom is -0.495 e. The number of aliphatic imine (C=N–C) groups is 1. The molecular weight excluding hydrogens is 371 g/mol. The Morgan fingerprint density at radius 3 is 2.83 bits per heavy atom. The van der Waals surface area contributed by atoms with Crippen LogP contribution in [-0.2, 0) is 17.9 Å². The van der Waals surface area contributed by atoms with E-state index in [9.17, 15) is 4.39 Å². The Morgan fingerprint density at radius 2 is 2.07 bits per heavy atom. The van der Waals surface area contributed by atoms with Crippen LogP contribution >= 0.6 is 0 Å². The quantitative estimate of drug-likeness (QED) is 0.553. The van der Waals surface area contributed by atoms with Gasteiger partial charge in [-0.15, -0.1) is 0 Å². The Balaban J connectivity index is 1.55. The van der Waals surface area contributed by atoms with Gasteiger partial charge in [-0.3, -0.25) is 4.99 Å². The summed E-state index contributed by atoms with van der Waals surface area (Å²) < 4.78 is 24.3. The molecule has 7 heteroatoms. The van der Waals surface area contributed by atoms with E-state index in [0.29, 0.717) is 12.1 Å². The maximum absolute atomic E-state index is 13.8. The van der Waals surface area contributed by atoms with Crippen molar-refractivity contribution in [3.05, 3.63) is 59.4 Å². The van der Waals surface area contributed by atoms with Crippen molar-refractivity contribution in [1.29, 1.82) is 0 Å². The van der Waals surface area contributed by atoms with Crippen molar-refractivity contribution in [1.82, 2.24) is 10.6 Å². The molecule has 2 aromatic carbocycles. The fourth-order valence-electron chi connectivity index (χ4n) is 3.57. The predicted molar refractivity (Wildman–Crippen MR) is 114 cm³/mol. The molecule has 0 bridgehead atoms.